The number of nitrogens with zero attached hydrogens (tertiary/aromatic N) is 2. The number of amides is 1. The van der Waals surface area contributed by atoms with Gasteiger partial charge in [-0.25, -0.2) is 4.98 Å². The summed E-state index contributed by atoms with van der Waals surface area (Å²) in [4.78, 5) is 16.8. The highest BCUT2D eigenvalue weighted by Gasteiger charge is 2.30. The van der Waals surface area contributed by atoms with Crippen LogP contribution in [0.1, 0.15) is 21.5 Å². The summed E-state index contributed by atoms with van der Waals surface area (Å²) in [5, 5.41) is 13.1. The minimum atomic E-state index is -4.42. The smallest absolute Gasteiger partial charge is 0.355 e. The first-order chi connectivity index (χ1) is 14.3. The van der Waals surface area contributed by atoms with Crippen molar-refractivity contribution in [1.82, 2.24) is 15.2 Å². The molecule has 30 heavy (non-hydrogen) atoms. The number of H-pyrrole nitrogens is 1. The Balaban J connectivity index is 1.55. The van der Waals surface area contributed by atoms with Crippen LogP contribution < -0.4 is 10.6 Å². The quantitative estimate of drug-likeness (QED) is 0.427. The second kappa shape index (κ2) is 7.51. The van der Waals surface area contributed by atoms with Gasteiger partial charge >= 0.3 is 6.18 Å². The molecule has 0 bridgehead atoms. The van der Waals surface area contributed by atoms with Gasteiger partial charge < -0.3 is 10.6 Å². The van der Waals surface area contributed by atoms with Crippen LogP contribution in [-0.4, -0.2) is 21.1 Å². The highest BCUT2D eigenvalue weighted by atomic mass is 19.4. The van der Waals surface area contributed by atoms with Gasteiger partial charge in [0.2, 0.25) is 0 Å². The fourth-order valence-corrected chi connectivity index (χ4v) is 2.93. The molecule has 0 aliphatic carbocycles. The maximum atomic E-state index is 12.9. The molecule has 6 nitrogen and oxygen atoms in total. The summed E-state index contributed by atoms with van der Waals surface area (Å²) in [6, 6.07) is 11.7. The Labute approximate surface area is 169 Å². The lowest BCUT2D eigenvalue weighted by atomic mass is 10.1. The van der Waals surface area contributed by atoms with Gasteiger partial charge in [-0.05, 0) is 48.9 Å². The number of halogens is 3. The van der Waals surface area contributed by atoms with Crippen LogP contribution in [0, 0.1) is 6.92 Å². The van der Waals surface area contributed by atoms with Crippen LogP contribution in [0.3, 0.4) is 0 Å². The van der Waals surface area contributed by atoms with E-state index < -0.39 is 11.7 Å². The number of carbonyl (C=O) groups is 1. The van der Waals surface area contributed by atoms with Crippen molar-refractivity contribution in [1.29, 1.82) is 0 Å². The third kappa shape index (κ3) is 4.09. The number of aromatic nitrogens is 3. The summed E-state index contributed by atoms with van der Waals surface area (Å²) >= 11 is 0. The lowest BCUT2D eigenvalue weighted by molar-refractivity contribution is -0.137. The molecule has 0 radical (unpaired) electrons. The molecule has 0 spiro atoms. The molecule has 1 amide bonds. The van der Waals surface area contributed by atoms with Crippen LogP contribution in [0.25, 0.3) is 11.0 Å². The Morgan fingerprint density at radius 2 is 1.83 bits per heavy atom. The first-order valence-corrected chi connectivity index (χ1v) is 8.95. The second-order valence-corrected chi connectivity index (χ2v) is 6.72. The van der Waals surface area contributed by atoms with Crippen molar-refractivity contribution < 1.29 is 18.0 Å². The SMILES string of the molecule is Cc1ccc(Nc2cccc(C(F)(F)F)c2)cc1NC(=O)c1cnc2[nH]ncc2c1. The van der Waals surface area contributed by atoms with Crippen molar-refractivity contribution in [3.63, 3.8) is 0 Å². The monoisotopic (exact) mass is 411 g/mol. The Hall–Kier alpha value is -3.88. The minimum absolute atomic E-state index is 0.292. The molecule has 4 aromatic rings. The molecule has 0 unspecified atom stereocenters. The van der Waals surface area contributed by atoms with E-state index in [1.54, 1.807) is 36.5 Å². The number of alkyl halides is 3. The molecular formula is C21H16F3N5O. The molecule has 0 saturated carbocycles. The van der Waals surface area contributed by atoms with Gasteiger partial charge in [0.05, 0.1) is 17.3 Å². The predicted octanol–water partition coefficient (Wildman–Crippen LogP) is 5.28. The number of carbonyl (C=O) groups excluding carboxylic acids is 1. The average molecular weight is 411 g/mol. The third-order valence-corrected chi connectivity index (χ3v) is 4.52. The zero-order chi connectivity index (χ0) is 21.3. The van der Waals surface area contributed by atoms with Gasteiger partial charge in [0.1, 0.15) is 0 Å². The number of aryl methyl sites for hydroxylation is 1. The maximum absolute atomic E-state index is 12.9. The van der Waals surface area contributed by atoms with Crippen molar-refractivity contribution in [2.45, 2.75) is 13.1 Å². The van der Waals surface area contributed by atoms with E-state index in [2.05, 4.69) is 25.8 Å². The number of aromatic amines is 1. The van der Waals surface area contributed by atoms with Crippen LogP contribution >= 0.6 is 0 Å². The number of nitrogens with one attached hydrogen (secondary N) is 3. The first-order valence-electron chi connectivity index (χ1n) is 8.95. The van der Waals surface area contributed by atoms with Gasteiger partial charge in [0.15, 0.2) is 5.65 Å². The van der Waals surface area contributed by atoms with Crippen LogP contribution in [0.2, 0.25) is 0 Å². The molecule has 4 rings (SSSR count). The number of hydrogen-bond acceptors (Lipinski definition) is 4. The topological polar surface area (TPSA) is 82.7 Å². The number of hydrogen-bond donors (Lipinski definition) is 3. The second-order valence-electron chi connectivity index (χ2n) is 6.72. The largest absolute Gasteiger partial charge is 0.416 e. The van der Waals surface area contributed by atoms with E-state index in [9.17, 15) is 18.0 Å². The number of rotatable bonds is 4. The predicted molar refractivity (Wildman–Crippen MR) is 108 cm³/mol. The van der Waals surface area contributed by atoms with E-state index in [1.807, 2.05) is 6.92 Å². The fraction of sp³-hybridized carbons (Fsp3) is 0.0952. The first kappa shape index (κ1) is 19.4. The third-order valence-electron chi connectivity index (χ3n) is 4.52. The van der Waals surface area contributed by atoms with Crippen LogP contribution in [0.4, 0.5) is 30.2 Å². The molecule has 152 valence electrons. The molecule has 0 saturated heterocycles. The van der Waals surface area contributed by atoms with Crippen molar-refractivity contribution in [2.75, 3.05) is 10.6 Å². The molecule has 0 atom stereocenters. The lowest BCUT2D eigenvalue weighted by Gasteiger charge is -2.13. The summed E-state index contributed by atoms with van der Waals surface area (Å²) in [6.45, 7) is 1.82. The van der Waals surface area contributed by atoms with Crippen molar-refractivity contribution in [3.05, 3.63) is 77.6 Å². The van der Waals surface area contributed by atoms with E-state index in [4.69, 9.17) is 0 Å². The van der Waals surface area contributed by atoms with Gasteiger partial charge in [-0.2, -0.15) is 18.3 Å². The molecule has 2 aromatic carbocycles. The molecular weight excluding hydrogens is 395 g/mol. The standard InChI is InChI=1S/C21H16F3N5O/c1-12-5-6-17(27-16-4-2-3-15(8-16)21(22,23)24)9-18(12)28-20(30)14-7-13-11-26-29-19(13)25-10-14/h2-11,27H,1H3,(H,28,30)(H,25,26,29). The van der Waals surface area contributed by atoms with Crippen molar-refractivity contribution >= 4 is 34.0 Å². The molecule has 0 fully saturated rings. The summed E-state index contributed by atoms with van der Waals surface area (Å²) in [7, 11) is 0. The Bertz CT molecular complexity index is 1230. The van der Waals surface area contributed by atoms with E-state index in [1.165, 1.54) is 12.3 Å². The maximum Gasteiger partial charge on any atom is 0.416 e. The summed E-state index contributed by atoms with van der Waals surface area (Å²) in [5.41, 5.74) is 2.36. The number of benzene rings is 2. The zero-order valence-electron chi connectivity index (χ0n) is 15.7. The summed E-state index contributed by atoms with van der Waals surface area (Å²) in [6.07, 6.45) is -1.41. The molecule has 9 heteroatoms. The van der Waals surface area contributed by atoms with Crippen molar-refractivity contribution in [2.24, 2.45) is 0 Å². The fourth-order valence-electron chi connectivity index (χ4n) is 2.93. The molecule has 0 aliphatic heterocycles. The Kier molecular flexibility index (Phi) is 4.86. The number of fused-ring (bicyclic) bond motifs is 1. The molecule has 3 N–H and O–H groups in total. The average Bonchev–Trinajstić information content (AvgIpc) is 3.18. The van der Waals surface area contributed by atoms with Crippen LogP contribution in [-0.2, 0) is 6.18 Å². The van der Waals surface area contributed by atoms with E-state index >= 15 is 0 Å². The van der Waals surface area contributed by atoms with Gasteiger partial charge in [-0.15, -0.1) is 0 Å². The van der Waals surface area contributed by atoms with E-state index in [0.29, 0.717) is 33.7 Å². The highest BCUT2D eigenvalue weighted by Crippen LogP contribution is 2.32. The molecule has 2 heterocycles. The minimum Gasteiger partial charge on any atom is -0.355 e. The van der Waals surface area contributed by atoms with Gasteiger partial charge in [0.25, 0.3) is 5.91 Å². The summed E-state index contributed by atoms with van der Waals surface area (Å²) in [5.74, 6) is -0.357. The number of pyridine rings is 1. The van der Waals surface area contributed by atoms with E-state index in [-0.39, 0.29) is 5.91 Å². The normalized spacial score (nSPS) is 11.5. The Morgan fingerprint density at radius 3 is 2.63 bits per heavy atom. The summed E-state index contributed by atoms with van der Waals surface area (Å²) < 4.78 is 38.8. The van der Waals surface area contributed by atoms with E-state index in [0.717, 1.165) is 17.7 Å². The van der Waals surface area contributed by atoms with Gasteiger partial charge in [-0.1, -0.05) is 12.1 Å². The lowest BCUT2D eigenvalue weighted by Crippen LogP contribution is -2.13. The molecule has 2 aromatic heterocycles. The number of anilines is 3. The highest BCUT2D eigenvalue weighted by molar-refractivity contribution is 6.06. The van der Waals surface area contributed by atoms with Crippen molar-refractivity contribution in [3.8, 4) is 0 Å². The van der Waals surface area contributed by atoms with Crippen LogP contribution in [0.5, 0.6) is 0 Å². The zero-order valence-corrected chi connectivity index (χ0v) is 15.7. The Morgan fingerprint density at radius 1 is 1.03 bits per heavy atom. The van der Waals surface area contributed by atoms with Gasteiger partial charge in [-0.3, -0.25) is 9.89 Å². The molecule has 0 aliphatic rings. The van der Waals surface area contributed by atoms with Crippen LogP contribution in [0.15, 0.2) is 60.9 Å². The van der Waals surface area contributed by atoms with Gasteiger partial charge in [0, 0.05) is 28.6 Å².